The van der Waals surface area contributed by atoms with Crippen molar-refractivity contribution in [1.82, 2.24) is 4.57 Å². The van der Waals surface area contributed by atoms with E-state index in [2.05, 4.69) is 0 Å². The van der Waals surface area contributed by atoms with Crippen LogP contribution in [-0.4, -0.2) is 21.4 Å². The van der Waals surface area contributed by atoms with Crippen LogP contribution in [0.4, 0.5) is 4.39 Å². The van der Waals surface area contributed by atoms with E-state index < -0.39 is 17.7 Å². The third-order valence-corrected chi connectivity index (χ3v) is 5.65. The number of rotatable bonds is 6. The van der Waals surface area contributed by atoms with Crippen molar-refractivity contribution >= 4 is 23.4 Å². The van der Waals surface area contributed by atoms with Crippen LogP contribution in [0.25, 0.3) is 0 Å². The van der Waals surface area contributed by atoms with E-state index in [1.807, 2.05) is 0 Å². The van der Waals surface area contributed by atoms with E-state index in [0.29, 0.717) is 22.6 Å². The minimum Gasteiger partial charge on any atom is -0.478 e. The SMILES string of the molecule is CC1C=C(C(=O)O)C=CC(=O)C1CCc1cc(Cl)c(Cn2ccccc2=O)cc1F. The molecule has 1 aromatic heterocycles. The second kappa shape index (κ2) is 9.22. The highest BCUT2D eigenvalue weighted by atomic mass is 35.5. The lowest BCUT2D eigenvalue weighted by Gasteiger charge is -2.18. The smallest absolute Gasteiger partial charge is 0.335 e. The number of carboxylic acid groups (broad SMARTS) is 1. The number of hydrogen-bond donors (Lipinski definition) is 1. The second-order valence-electron chi connectivity index (χ2n) is 7.37. The van der Waals surface area contributed by atoms with Gasteiger partial charge in [0.15, 0.2) is 5.78 Å². The number of pyridine rings is 1. The van der Waals surface area contributed by atoms with E-state index in [0.717, 1.165) is 0 Å². The molecule has 1 aliphatic carbocycles. The Morgan fingerprint density at radius 1 is 1.20 bits per heavy atom. The summed E-state index contributed by atoms with van der Waals surface area (Å²) in [6.07, 6.45) is 6.38. The number of benzene rings is 1. The number of aryl methyl sites for hydroxylation is 1. The largest absolute Gasteiger partial charge is 0.478 e. The van der Waals surface area contributed by atoms with Gasteiger partial charge < -0.3 is 9.67 Å². The van der Waals surface area contributed by atoms with Gasteiger partial charge in [0.05, 0.1) is 12.1 Å². The molecule has 1 aromatic carbocycles. The van der Waals surface area contributed by atoms with Crippen LogP contribution < -0.4 is 5.56 Å². The van der Waals surface area contributed by atoms with Crippen LogP contribution in [0.2, 0.25) is 5.02 Å². The standard InChI is InChI=1S/C23H21ClFNO4/c1-14-10-16(23(29)30)6-8-21(27)18(14)7-5-15-11-19(24)17(12-20(15)25)13-26-9-3-2-4-22(26)28/h2-4,6,8-12,14,18H,5,7,13H2,1H3,(H,29,30). The van der Waals surface area contributed by atoms with Crippen LogP contribution >= 0.6 is 11.6 Å². The van der Waals surface area contributed by atoms with Crippen molar-refractivity contribution in [2.45, 2.75) is 26.3 Å². The first kappa shape index (κ1) is 21.7. The molecule has 0 spiro atoms. The van der Waals surface area contributed by atoms with Gasteiger partial charge in [0.2, 0.25) is 0 Å². The first-order valence-electron chi connectivity index (χ1n) is 9.55. The molecule has 5 nitrogen and oxygen atoms in total. The predicted octanol–water partition coefficient (Wildman–Crippen LogP) is 4.02. The van der Waals surface area contributed by atoms with Crippen molar-refractivity contribution < 1.29 is 19.1 Å². The van der Waals surface area contributed by atoms with E-state index in [-0.39, 0.29) is 35.8 Å². The molecule has 7 heteroatoms. The molecule has 1 N–H and O–H groups in total. The Labute approximate surface area is 178 Å². The van der Waals surface area contributed by atoms with Gasteiger partial charge >= 0.3 is 5.97 Å². The fourth-order valence-electron chi connectivity index (χ4n) is 3.59. The zero-order chi connectivity index (χ0) is 21.8. The Kier molecular flexibility index (Phi) is 6.67. The molecule has 2 unspecified atom stereocenters. The van der Waals surface area contributed by atoms with Gasteiger partial charge in [0.25, 0.3) is 5.56 Å². The van der Waals surface area contributed by atoms with Crippen molar-refractivity contribution in [1.29, 1.82) is 0 Å². The lowest BCUT2D eigenvalue weighted by Crippen LogP contribution is -2.20. The van der Waals surface area contributed by atoms with Crippen molar-refractivity contribution in [3.8, 4) is 0 Å². The summed E-state index contributed by atoms with van der Waals surface area (Å²) in [7, 11) is 0. The fraction of sp³-hybridized carbons (Fsp3) is 0.261. The Hall–Kier alpha value is -2.99. The molecule has 2 atom stereocenters. The molecule has 3 rings (SSSR count). The lowest BCUT2D eigenvalue weighted by molar-refractivity contribution is -0.132. The van der Waals surface area contributed by atoms with Crippen molar-refractivity contribution in [2.24, 2.45) is 11.8 Å². The van der Waals surface area contributed by atoms with E-state index in [9.17, 15) is 18.8 Å². The number of aromatic nitrogens is 1. The lowest BCUT2D eigenvalue weighted by atomic mass is 9.85. The van der Waals surface area contributed by atoms with Gasteiger partial charge in [-0.2, -0.15) is 0 Å². The molecule has 1 aliphatic rings. The van der Waals surface area contributed by atoms with E-state index in [1.54, 1.807) is 31.3 Å². The molecule has 156 valence electrons. The number of allylic oxidation sites excluding steroid dienone is 2. The molecule has 0 aliphatic heterocycles. The highest BCUT2D eigenvalue weighted by Gasteiger charge is 2.26. The summed E-state index contributed by atoms with van der Waals surface area (Å²) >= 11 is 6.33. The summed E-state index contributed by atoms with van der Waals surface area (Å²) in [6.45, 7) is 1.93. The topological polar surface area (TPSA) is 76.4 Å². The van der Waals surface area contributed by atoms with Gasteiger partial charge in [0.1, 0.15) is 5.82 Å². The van der Waals surface area contributed by atoms with Gasteiger partial charge in [-0.3, -0.25) is 9.59 Å². The second-order valence-corrected chi connectivity index (χ2v) is 7.78. The van der Waals surface area contributed by atoms with Crippen molar-refractivity contribution in [3.63, 3.8) is 0 Å². The maximum Gasteiger partial charge on any atom is 0.335 e. The third kappa shape index (κ3) is 4.94. The maximum absolute atomic E-state index is 14.7. The molecule has 1 heterocycles. The number of carbonyl (C=O) groups is 2. The van der Waals surface area contributed by atoms with Gasteiger partial charge in [-0.15, -0.1) is 0 Å². The van der Waals surface area contributed by atoms with Crippen LogP contribution in [0.1, 0.15) is 24.5 Å². The average molecular weight is 430 g/mol. The molecule has 2 aromatic rings. The summed E-state index contributed by atoms with van der Waals surface area (Å²) in [5.41, 5.74) is 0.732. The Morgan fingerprint density at radius 3 is 2.67 bits per heavy atom. The normalized spacial score (nSPS) is 18.8. The first-order chi connectivity index (χ1) is 14.3. The number of ketones is 1. The molecular formula is C23H21ClFNO4. The van der Waals surface area contributed by atoms with Crippen molar-refractivity contribution in [2.75, 3.05) is 0 Å². The van der Waals surface area contributed by atoms with Gasteiger partial charge in [0, 0.05) is 23.2 Å². The summed E-state index contributed by atoms with van der Waals surface area (Å²) in [5, 5.41) is 9.50. The van der Waals surface area contributed by atoms with Crippen LogP contribution in [0.15, 0.2) is 65.1 Å². The average Bonchev–Trinajstić information content (AvgIpc) is 2.83. The number of nitrogens with zero attached hydrogens (tertiary/aromatic N) is 1. The first-order valence-corrected chi connectivity index (χ1v) is 9.93. The Bertz CT molecular complexity index is 1100. The van der Waals surface area contributed by atoms with Crippen LogP contribution in [0.3, 0.4) is 0 Å². The van der Waals surface area contributed by atoms with E-state index in [1.165, 1.54) is 34.9 Å². The molecule has 0 saturated heterocycles. The van der Waals surface area contributed by atoms with E-state index in [4.69, 9.17) is 16.7 Å². The minimum absolute atomic E-state index is 0.0769. The molecule has 30 heavy (non-hydrogen) atoms. The van der Waals surface area contributed by atoms with Gasteiger partial charge in [-0.1, -0.05) is 30.7 Å². The number of carbonyl (C=O) groups excluding carboxylic acids is 1. The Balaban J connectivity index is 1.76. The number of halogens is 2. The highest BCUT2D eigenvalue weighted by Crippen LogP contribution is 2.28. The number of aliphatic carboxylic acids is 1. The third-order valence-electron chi connectivity index (χ3n) is 5.30. The molecule has 0 fully saturated rings. The van der Waals surface area contributed by atoms with Gasteiger partial charge in [-0.05, 0) is 60.2 Å². The van der Waals surface area contributed by atoms with Crippen molar-refractivity contribution in [3.05, 3.63) is 92.7 Å². The number of carboxylic acids is 1. The van der Waals surface area contributed by atoms with Gasteiger partial charge in [-0.25, -0.2) is 9.18 Å². The summed E-state index contributed by atoms with van der Waals surface area (Å²) in [4.78, 5) is 35.5. The zero-order valence-corrected chi connectivity index (χ0v) is 17.1. The maximum atomic E-state index is 14.7. The quantitative estimate of drug-likeness (QED) is 0.752. The minimum atomic E-state index is -1.09. The van der Waals surface area contributed by atoms with E-state index >= 15 is 0 Å². The summed E-state index contributed by atoms with van der Waals surface area (Å²) < 4.78 is 16.1. The monoisotopic (exact) mass is 429 g/mol. The van der Waals surface area contributed by atoms with Crippen LogP contribution in [0.5, 0.6) is 0 Å². The predicted molar refractivity (Wildman–Crippen MR) is 112 cm³/mol. The molecule has 0 radical (unpaired) electrons. The summed E-state index contributed by atoms with van der Waals surface area (Å²) in [5.74, 6) is -2.45. The zero-order valence-electron chi connectivity index (χ0n) is 16.3. The fourth-order valence-corrected chi connectivity index (χ4v) is 3.83. The highest BCUT2D eigenvalue weighted by molar-refractivity contribution is 6.31. The molecule has 0 saturated carbocycles. The molecular weight excluding hydrogens is 409 g/mol. The van der Waals surface area contributed by atoms with Crippen LogP contribution in [0, 0.1) is 17.7 Å². The Morgan fingerprint density at radius 2 is 1.97 bits per heavy atom. The number of hydrogen-bond acceptors (Lipinski definition) is 3. The van der Waals surface area contributed by atoms with Crippen LogP contribution in [-0.2, 0) is 22.6 Å². The molecule has 0 bridgehead atoms. The summed E-state index contributed by atoms with van der Waals surface area (Å²) in [6, 6.07) is 7.60. The molecule has 0 amide bonds.